The Morgan fingerprint density at radius 3 is 1.76 bits per heavy atom. The normalized spacial score (nSPS) is 11.4. The largest absolute Gasteiger partial charge is 0.465 e. The van der Waals surface area contributed by atoms with Crippen LogP contribution in [0.25, 0.3) is 22.5 Å². The monoisotopic (exact) mass is 772 g/mol. The van der Waals surface area contributed by atoms with Gasteiger partial charge in [-0.25, -0.2) is 14.3 Å². The number of anilines is 1. The van der Waals surface area contributed by atoms with E-state index in [1.807, 2.05) is 108 Å². The predicted molar refractivity (Wildman–Crippen MR) is 220 cm³/mol. The minimum atomic E-state index is -0.964. The topological polar surface area (TPSA) is 143 Å². The third-order valence-corrected chi connectivity index (χ3v) is 9.64. The maximum atomic E-state index is 13.8. The first-order valence-electron chi connectivity index (χ1n) is 18.5. The first kappa shape index (κ1) is 38.8. The standard InChI is InChI=1S/C46H40N6O6/c1-45(2,3)58-44(54)50(41-39(43(53)57-4)25-16-26-40(41)52(55)56)31-32-27-29-33(30-28-32)37-23-14-15-24-38(37)42-47-48-49-51(42)46(34-17-8-5-9-18-34,35-19-10-6-11-20-35)36-21-12-7-13-22-36/h5-30H,31H2,1-4H3. The summed E-state index contributed by atoms with van der Waals surface area (Å²) in [5.41, 5.74) is 3.20. The molecule has 0 aliphatic heterocycles. The zero-order valence-electron chi connectivity index (χ0n) is 32.4. The summed E-state index contributed by atoms with van der Waals surface area (Å²) in [6, 6.07) is 49.7. The highest BCUT2D eigenvalue weighted by Crippen LogP contribution is 2.43. The predicted octanol–water partition coefficient (Wildman–Crippen LogP) is 9.48. The van der Waals surface area contributed by atoms with Crippen LogP contribution in [0.1, 0.15) is 53.4 Å². The van der Waals surface area contributed by atoms with Gasteiger partial charge in [0.2, 0.25) is 0 Å². The van der Waals surface area contributed by atoms with Gasteiger partial charge in [0.1, 0.15) is 16.8 Å². The first-order chi connectivity index (χ1) is 28.0. The summed E-state index contributed by atoms with van der Waals surface area (Å²) >= 11 is 0. The summed E-state index contributed by atoms with van der Waals surface area (Å²) in [4.78, 5) is 39.4. The lowest BCUT2D eigenvalue weighted by Crippen LogP contribution is -2.39. The zero-order chi connectivity index (χ0) is 40.9. The van der Waals surface area contributed by atoms with Crippen molar-refractivity contribution in [2.75, 3.05) is 12.0 Å². The molecule has 0 N–H and O–H groups in total. The van der Waals surface area contributed by atoms with E-state index in [2.05, 4.69) is 46.7 Å². The van der Waals surface area contributed by atoms with Gasteiger partial charge in [-0.3, -0.25) is 15.0 Å². The minimum absolute atomic E-state index is 0.150. The SMILES string of the molecule is COC(=O)c1cccc([N+](=O)[O-])c1N(Cc1ccc(-c2ccccc2-c2nnnn2C(c2ccccc2)(c2ccccc2)c2ccccc2)cc1)C(=O)OC(C)(C)C. The van der Waals surface area contributed by atoms with E-state index in [-0.39, 0.29) is 17.8 Å². The van der Waals surface area contributed by atoms with Gasteiger partial charge in [0, 0.05) is 11.6 Å². The molecular formula is C46H40N6O6. The fraction of sp³-hybridized carbons (Fsp3) is 0.152. The number of nitro groups is 1. The second kappa shape index (κ2) is 16.3. The molecule has 58 heavy (non-hydrogen) atoms. The third-order valence-electron chi connectivity index (χ3n) is 9.64. The lowest BCUT2D eigenvalue weighted by molar-refractivity contribution is -0.384. The molecule has 0 saturated heterocycles. The molecule has 0 unspecified atom stereocenters. The molecule has 6 aromatic carbocycles. The third kappa shape index (κ3) is 7.55. The van der Waals surface area contributed by atoms with Crippen LogP contribution in [0.5, 0.6) is 0 Å². The number of carbonyl (C=O) groups excluding carboxylic acids is 2. The van der Waals surface area contributed by atoms with Crippen LogP contribution in [0.15, 0.2) is 158 Å². The van der Waals surface area contributed by atoms with Gasteiger partial charge < -0.3 is 9.47 Å². The first-order valence-corrected chi connectivity index (χ1v) is 18.5. The average Bonchev–Trinajstić information content (AvgIpc) is 3.73. The lowest BCUT2D eigenvalue weighted by atomic mass is 9.77. The summed E-state index contributed by atoms with van der Waals surface area (Å²) in [7, 11) is 1.17. The van der Waals surface area contributed by atoms with Crippen LogP contribution in [0, 0.1) is 10.1 Å². The number of hydrogen-bond donors (Lipinski definition) is 0. The van der Waals surface area contributed by atoms with Gasteiger partial charge in [-0.05, 0) is 70.6 Å². The summed E-state index contributed by atoms with van der Waals surface area (Å²) in [5, 5.41) is 25.9. The highest BCUT2D eigenvalue weighted by Gasteiger charge is 2.42. The van der Waals surface area contributed by atoms with E-state index in [0.29, 0.717) is 11.4 Å². The van der Waals surface area contributed by atoms with Crippen molar-refractivity contribution in [3.8, 4) is 22.5 Å². The number of amides is 1. The van der Waals surface area contributed by atoms with E-state index in [1.54, 1.807) is 20.8 Å². The molecule has 0 spiro atoms. The molecule has 290 valence electrons. The molecule has 0 atom stereocenters. The van der Waals surface area contributed by atoms with Gasteiger partial charge in [0.15, 0.2) is 5.82 Å². The Morgan fingerprint density at radius 2 is 1.24 bits per heavy atom. The van der Waals surface area contributed by atoms with E-state index >= 15 is 0 Å². The van der Waals surface area contributed by atoms with Crippen molar-refractivity contribution in [1.82, 2.24) is 20.2 Å². The van der Waals surface area contributed by atoms with E-state index in [9.17, 15) is 19.7 Å². The maximum Gasteiger partial charge on any atom is 0.415 e. The Morgan fingerprint density at radius 1 is 0.707 bits per heavy atom. The number of carbonyl (C=O) groups is 2. The molecule has 0 aliphatic rings. The average molecular weight is 773 g/mol. The summed E-state index contributed by atoms with van der Waals surface area (Å²) in [6.45, 7) is 4.92. The van der Waals surface area contributed by atoms with Crippen molar-refractivity contribution in [2.24, 2.45) is 0 Å². The number of tetrazole rings is 1. The number of para-hydroxylation sites is 1. The second-order valence-corrected chi connectivity index (χ2v) is 14.5. The zero-order valence-corrected chi connectivity index (χ0v) is 32.4. The number of hydrogen-bond acceptors (Lipinski definition) is 9. The van der Waals surface area contributed by atoms with E-state index < -0.39 is 33.8 Å². The Balaban J connectivity index is 1.33. The highest BCUT2D eigenvalue weighted by molar-refractivity contribution is 6.03. The number of nitrogens with zero attached hydrogens (tertiary/aromatic N) is 6. The summed E-state index contributed by atoms with van der Waals surface area (Å²) in [6.07, 6.45) is -0.869. The number of nitro benzene ring substituents is 1. The molecule has 0 aliphatic carbocycles. The molecule has 0 fully saturated rings. The van der Waals surface area contributed by atoms with E-state index in [4.69, 9.17) is 14.7 Å². The van der Waals surface area contributed by atoms with Gasteiger partial charge in [0.05, 0.1) is 24.1 Å². The Hall–Kier alpha value is -7.47. The van der Waals surface area contributed by atoms with Crippen molar-refractivity contribution in [1.29, 1.82) is 0 Å². The van der Waals surface area contributed by atoms with Gasteiger partial charge in [-0.15, -0.1) is 5.10 Å². The van der Waals surface area contributed by atoms with Crippen molar-refractivity contribution < 1.29 is 24.0 Å². The Kier molecular flexibility index (Phi) is 10.9. The fourth-order valence-electron chi connectivity index (χ4n) is 7.18. The number of ether oxygens (including phenoxy) is 2. The molecule has 12 heteroatoms. The molecule has 1 amide bonds. The molecular weight excluding hydrogens is 733 g/mol. The molecule has 7 aromatic rings. The number of esters is 1. The van der Waals surface area contributed by atoms with Crippen LogP contribution in [-0.4, -0.2) is 49.9 Å². The van der Waals surface area contributed by atoms with Crippen molar-refractivity contribution in [3.05, 3.63) is 196 Å². The van der Waals surface area contributed by atoms with Crippen LogP contribution >= 0.6 is 0 Å². The van der Waals surface area contributed by atoms with Gasteiger partial charge in [-0.2, -0.15) is 0 Å². The van der Waals surface area contributed by atoms with Crippen LogP contribution < -0.4 is 4.90 Å². The number of benzene rings is 6. The van der Waals surface area contributed by atoms with Crippen molar-refractivity contribution in [3.63, 3.8) is 0 Å². The second-order valence-electron chi connectivity index (χ2n) is 14.5. The Bertz CT molecular complexity index is 2460. The van der Waals surface area contributed by atoms with Crippen LogP contribution in [0.3, 0.4) is 0 Å². The number of methoxy groups -OCH3 is 1. The lowest BCUT2D eigenvalue weighted by Gasteiger charge is -2.36. The summed E-state index contributed by atoms with van der Waals surface area (Å²) < 4.78 is 12.5. The van der Waals surface area contributed by atoms with Gasteiger partial charge in [0.25, 0.3) is 5.69 Å². The van der Waals surface area contributed by atoms with Gasteiger partial charge >= 0.3 is 12.1 Å². The quantitative estimate of drug-likeness (QED) is 0.0544. The molecule has 1 aromatic heterocycles. The van der Waals surface area contributed by atoms with E-state index in [0.717, 1.165) is 38.3 Å². The highest BCUT2D eigenvalue weighted by atomic mass is 16.6. The van der Waals surface area contributed by atoms with Crippen molar-refractivity contribution in [2.45, 2.75) is 38.5 Å². The number of aromatic nitrogens is 4. The fourth-order valence-corrected chi connectivity index (χ4v) is 7.18. The van der Waals surface area contributed by atoms with Crippen molar-refractivity contribution >= 4 is 23.4 Å². The number of rotatable bonds is 11. The molecule has 7 rings (SSSR count). The Labute approximate surface area is 335 Å². The van der Waals surface area contributed by atoms with Gasteiger partial charge in [-0.1, -0.05) is 146 Å². The van der Waals surface area contributed by atoms with Crippen LogP contribution in [-0.2, 0) is 21.6 Å². The molecule has 0 radical (unpaired) electrons. The molecule has 0 bridgehead atoms. The summed E-state index contributed by atoms with van der Waals surface area (Å²) in [5.74, 6) is -0.309. The van der Waals surface area contributed by atoms with Crippen LogP contribution in [0.2, 0.25) is 0 Å². The molecule has 0 saturated carbocycles. The van der Waals surface area contributed by atoms with E-state index in [1.165, 1.54) is 25.3 Å². The molecule has 1 heterocycles. The minimum Gasteiger partial charge on any atom is -0.465 e. The molecule has 12 nitrogen and oxygen atoms in total. The maximum absolute atomic E-state index is 13.8. The van der Waals surface area contributed by atoms with Crippen LogP contribution in [0.4, 0.5) is 16.2 Å². The smallest absolute Gasteiger partial charge is 0.415 e.